The van der Waals surface area contributed by atoms with E-state index in [1.54, 1.807) is 6.92 Å². The third-order valence-electron chi connectivity index (χ3n) is 6.50. The monoisotopic (exact) mass is 480 g/mol. The zero-order chi connectivity index (χ0) is 24.3. The van der Waals surface area contributed by atoms with Crippen molar-refractivity contribution >= 4 is 5.57 Å². The Hall–Kier alpha value is -2.45. The van der Waals surface area contributed by atoms with E-state index in [1.165, 1.54) is 23.1 Å². The number of hydrogen-bond acceptors (Lipinski definition) is 3. The van der Waals surface area contributed by atoms with Gasteiger partial charge in [0, 0.05) is 18.2 Å². The van der Waals surface area contributed by atoms with E-state index in [9.17, 15) is 17.6 Å². The van der Waals surface area contributed by atoms with Gasteiger partial charge in [-0.15, -0.1) is 0 Å². The lowest BCUT2D eigenvalue weighted by Gasteiger charge is -2.42. The predicted octanol–water partition coefficient (Wildman–Crippen LogP) is 5.86. The molecule has 2 atom stereocenters. The van der Waals surface area contributed by atoms with Gasteiger partial charge < -0.3 is 10.1 Å². The summed E-state index contributed by atoms with van der Waals surface area (Å²) in [6, 6.07) is 10.8. The summed E-state index contributed by atoms with van der Waals surface area (Å²) in [6.07, 6.45) is -3.01. The van der Waals surface area contributed by atoms with Gasteiger partial charge in [-0.1, -0.05) is 24.3 Å². The number of rotatable bonds is 9. The third kappa shape index (κ3) is 5.44. The van der Waals surface area contributed by atoms with Gasteiger partial charge in [-0.05, 0) is 73.2 Å². The van der Waals surface area contributed by atoms with Gasteiger partial charge in [0.15, 0.2) is 0 Å². The van der Waals surface area contributed by atoms with Gasteiger partial charge in [-0.25, -0.2) is 4.39 Å². The number of hydrogen-bond donors (Lipinski definition) is 1. The van der Waals surface area contributed by atoms with Crippen LogP contribution in [0, 0.1) is 5.82 Å². The first-order chi connectivity index (χ1) is 16.3. The van der Waals surface area contributed by atoms with E-state index in [1.807, 2.05) is 24.3 Å². The molecule has 0 fully saturated rings. The first-order valence-corrected chi connectivity index (χ1v) is 11.6. The molecule has 0 amide bonds. The second-order valence-electron chi connectivity index (χ2n) is 8.91. The van der Waals surface area contributed by atoms with E-state index in [-0.39, 0.29) is 12.2 Å². The lowest BCUT2D eigenvalue weighted by Crippen LogP contribution is -2.46. The van der Waals surface area contributed by atoms with Crippen LogP contribution in [0.3, 0.4) is 0 Å². The second-order valence-corrected chi connectivity index (χ2v) is 8.91. The van der Waals surface area contributed by atoms with E-state index in [4.69, 9.17) is 4.74 Å². The van der Waals surface area contributed by atoms with E-state index < -0.39 is 37.3 Å². The molecule has 0 aromatic heterocycles. The van der Waals surface area contributed by atoms with Gasteiger partial charge in [-0.2, -0.15) is 13.2 Å². The van der Waals surface area contributed by atoms with Gasteiger partial charge in [-0.3, -0.25) is 9.29 Å². The normalized spacial score (nSPS) is 20.4. The molecule has 0 radical (unpaired) electrons. The molecule has 2 aromatic rings. The number of fused-ring (bicyclic) bond motifs is 2. The average Bonchev–Trinajstić information content (AvgIpc) is 3.15. The van der Waals surface area contributed by atoms with Crippen LogP contribution in [-0.2, 0) is 6.42 Å². The van der Waals surface area contributed by atoms with Gasteiger partial charge in [0.2, 0.25) is 0 Å². The Bertz CT molecular complexity index is 1040. The minimum absolute atomic E-state index is 0.194. The number of halogens is 5. The van der Waals surface area contributed by atoms with Crippen LogP contribution in [0.4, 0.5) is 22.0 Å². The highest BCUT2D eigenvalue weighted by Gasteiger charge is 2.44. The number of nitrogens with zero attached hydrogens (tertiary/aromatic N) is 1. The quantitative estimate of drug-likeness (QED) is 0.359. The Kier molecular flexibility index (Phi) is 7.57. The summed E-state index contributed by atoms with van der Waals surface area (Å²) in [5.41, 5.74) is 4.15. The molecule has 0 bridgehead atoms. The van der Waals surface area contributed by atoms with Crippen LogP contribution in [0.5, 0.6) is 5.75 Å². The number of benzene rings is 2. The molecular weight excluding hydrogens is 451 g/mol. The van der Waals surface area contributed by atoms with E-state index in [0.717, 1.165) is 22.3 Å². The van der Waals surface area contributed by atoms with Crippen LogP contribution in [0.25, 0.3) is 5.57 Å². The van der Waals surface area contributed by atoms with Gasteiger partial charge >= 0.3 is 6.18 Å². The maximum Gasteiger partial charge on any atom is 0.401 e. The van der Waals surface area contributed by atoms with Gasteiger partial charge in [0.05, 0.1) is 19.3 Å². The summed E-state index contributed by atoms with van der Waals surface area (Å²) >= 11 is 0. The molecule has 8 heteroatoms. The lowest BCUT2D eigenvalue weighted by atomic mass is 9.85. The fourth-order valence-corrected chi connectivity index (χ4v) is 5.02. The summed E-state index contributed by atoms with van der Waals surface area (Å²) in [6.45, 7) is 1.55. The van der Waals surface area contributed by atoms with Crippen LogP contribution in [-0.4, -0.2) is 50.0 Å². The standard InChI is InChI=1S/C26H29F5N2O/c1-17-13-21-20-6-3-2-5-18(20)14-22(21)25(33(17)16-26(29,30)31)23-15-19(7-8-24(23)28)34-12-11-32-10-4-9-27/h2-3,5-8,15,17,25,32H,4,9-14,16H2,1H3/t17-,25+/m1/s1. The van der Waals surface area contributed by atoms with Crippen molar-refractivity contribution in [3.05, 3.63) is 70.5 Å². The van der Waals surface area contributed by atoms with E-state index in [0.29, 0.717) is 38.1 Å². The highest BCUT2D eigenvalue weighted by Crippen LogP contribution is 2.50. The first kappa shape index (κ1) is 24.7. The van der Waals surface area contributed by atoms with Crippen molar-refractivity contribution < 1.29 is 26.7 Å². The molecule has 0 unspecified atom stereocenters. The highest BCUT2D eigenvalue weighted by atomic mass is 19.4. The van der Waals surface area contributed by atoms with Gasteiger partial charge in [0.25, 0.3) is 0 Å². The molecule has 1 N–H and O–H groups in total. The number of ether oxygens (including phenoxy) is 1. The molecule has 2 aromatic carbocycles. The fourth-order valence-electron chi connectivity index (χ4n) is 5.02. The summed E-state index contributed by atoms with van der Waals surface area (Å²) in [4.78, 5) is 1.37. The highest BCUT2D eigenvalue weighted by molar-refractivity contribution is 5.79. The maximum atomic E-state index is 15.2. The van der Waals surface area contributed by atoms with E-state index >= 15 is 4.39 Å². The van der Waals surface area contributed by atoms with Crippen molar-refractivity contribution in [3.63, 3.8) is 0 Å². The number of nitrogens with one attached hydrogen (secondary N) is 1. The second kappa shape index (κ2) is 10.4. The molecule has 3 nitrogen and oxygen atoms in total. The Labute approximate surface area is 196 Å². The van der Waals surface area contributed by atoms with Crippen LogP contribution in [0.1, 0.15) is 42.5 Å². The zero-order valence-corrected chi connectivity index (χ0v) is 19.1. The Morgan fingerprint density at radius 3 is 2.68 bits per heavy atom. The predicted molar refractivity (Wildman–Crippen MR) is 122 cm³/mol. The van der Waals surface area contributed by atoms with Crippen molar-refractivity contribution in [2.75, 3.05) is 32.9 Å². The molecule has 34 heavy (non-hydrogen) atoms. The molecule has 1 heterocycles. The van der Waals surface area contributed by atoms with Crippen molar-refractivity contribution in [3.8, 4) is 5.75 Å². The first-order valence-electron chi connectivity index (χ1n) is 11.6. The maximum absolute atomic E-state index is 15.2. The molecule has 0 spiro atoms. The van der Waals surface area contributed by atoms with E-state index in [2.05, 4.69) is 5.32 Å². The molecular formula is C26H29F5N2O. The summed E-state index contributed by atoms with van der Waals surface area (Å²) in [5.74, 6) is -0.158. The topological polar surface area (TPSA) is 24.5 Å². The Morgan fingerprint density at radius 2 is 1.91 bits per heavy atom. The summed E-state index contributed by atoms with van der Waals surface area (Å²) in [7, 11) is 0. The molecule has 1 aliphatic carbocycles. The summed E-state index contributed by atoms with van der Waals surface area (Å²) in [5, 5.41) is 3.05. The minimum atomic E-state index is -4.41. The minimum Gasteiger partial charge on any atom is -0.492 e. The van der Waals surface area contributed by atoms with Crippen molar-refractivity contribution in [2.45, 2.75) is 44.4 Å². The molecule has 0 saturated carbocycles. The van der Waals surface area contributed by atoms with Gasteiger partial charge in [0.1, 0.15) is 18.2 Å². The van der Waals surface area contributed by atoms with Crippen molar-refractivity contribution in [2.24, 2.45) is 0 Å². The Morgan fingerprint density at radius 1 is 1.12 bits per heavy atom. The third-order valence-corrected chi connectivity index (χ3v) is 6.50. The fraction of sp³-hybridized carbons (Fsp3) is 0.462. The zero-order valence-electron chi connectivity index (χ0n) is 19.1. The summed E-state index contributed by atoms with van der Waals surface area (Å²) < 4.78 is 73.8. The smallest absolute Gasteiger partial charge is 0.401 e. The average molecular weight is 481 g/mol. The molecule has 184 valence electrons. The van der Waals surface area contributed by atoms with Crippen LogP contribution in [0.2, 0.25) is 0 Å². The molecule has 1 aliphatic heterocycles. The van der Waals surface area contributed by atoms with Crippen LogP contribution in [0.15, 0.2) is 48.0 Å². The number of alkyl halides is 4. The van der Waals surface area contributed by atoms with Crippen LogP contribution >= 0.6 is 0 Å². The molecule has 0 saturated heterocycles. The van der Waals surface area contributed by atoms with Crippen molar-refractivity contribution in [1.82, 2.24) is 10.2 Å². The Balaban J connectivity index is 1.65. The molecule has 2 aliphatic rings. The lowest BCUT2D eigenvalue weighted by molar-refractivity contribution is -0.155. The van der Waals surface area contributed by atoms with Crippen LogP contribution < -0.4 is 10.1 Å². The SMILES string of the molecule is C[C@@H]1CC2=C(Cc3ccccc32)[C@@H](c2cc(OCCNCCCF)ccc2F)N1CC(F)(F)F. The molecule has 4 rings (SSSR count). The largest absolute Gasteiger partial charge is 0.492 e. The van der Waals surface area contributed by atoms with Crippen molar-refractivity contribution in [1.29, 1.82) is 0 Å².